The third-order valence-corrected chi connectivity index (χ3v) is 3.83. The SMILES string of the molecule is C=C1CCN([S+]([O-])c2ccc(Cl)cn2)C1. The molecule has 1 atom stereocenters. The molecular weight excluding hydrogens is 232 g/mol. The summed E-state index contributed by atoms with van der Waals surface area (Å²) >= 11 is 4.53. The molecular formula is C10H11ClN2OS. The van der Waals surface area contributed by atoms with E-state index < -0.39 is 11.4 Å². The molecule has 1 aliphatic heterocycles. The van der Waals surface area contributed by atoms with E-state index in [9.17, 15) is 4.55 Å². The standard InChI is InChI=1S/C10H11ClN2OS/c1-8-4-5-13(7-8)15(14)10-3-2-9(11)6-12-10/h2-3,6H,1,4-5,7H2. The Hall–Kier alpha value is -0.550. The predicted molar refractivity (Wildman–Crippen MR) is 61.0 cm³/mol. The van der Waals surface area contributed by atoms with Gasteiger partial charge < -0.3 is 4.55 Å². The van der Waals surface area contributed by atoms with E-state index in [1.807, 2.05) is 4.31 Å². The number of aromatic nitrogens is 1. The Labute approximate surface area is 97.1 Å². The maximum absolute atomic E-state index is 12.0. The summed E-state index contributed by atoms with van der Waals surface area (Å²) in [5, 5.41) is 1.11. The summed E-state index contributed by atoms with van der Waals surface area (Å²) in [5.41, 5.74) is 1.12. The molecule has 0 radical (unpaired) electrons. The number of rotatable bonds is 2. The number of nitrogens with zero attached hydrogens (tertiary/aromatic N) is 2. The Balaban J connectivity index is 2.10. The number of hydrogen-bond acceptors (Lipinski definition) is 3. The van der Waals surface area contributed by atoms with Crippen LogP contribution in [0, 0.1) is 0 Å². The van der Waals surface area contributed by atoms with Crippen LogP contribution in [0.25, 0.3) is 0 Å². The topological polar surface area (TPSA) is 39.2 Å². The molecule has 0 aliphatic carbocycles. The van der Waals surface area contributed by atoms with Crippen molar-refractivity contribution in [2.75, 3.05) is 13.1 Å². The first kappa shape index (κ1) is 11.0. The van der Waals surface area contributed by atoms with Gasteiger partial charge in [-0.1, -0.05) is 23.8 Å². The lowest BCUT2D eigenvalue weighted by Gasteiger charge is -2.17. The molecule has 0 aromatic carbocycles. The van der Waals surface area contributed by atoms with E-state index in [0.29, 0.717) is 16.6 Å². The van der Waals surface area contributed by atoms with Crippen molar-refractivity contribution < 1.29 is 4.55 Å². The molecule has 0 bridgehead atoms. The number of pyridine rings is 1. The van der Waals surface area contributed by atoms with Crippen molar-refractivity contribution in [3.8, 4) is 0 Å². The fourth-order valence-electron chi connectivity index (χ4n) is 1.43. The minimum Gasteiger partial charge on any atom is -0.591 e. The molecule has 1 fully saturated rings. The monoisotopic (exact) mass is 242 g/mol. The van der Waals surface area contributed by atoms with Gasteiger partial charge in [-0.05, 0) is 12.5 Å². The fourth-order valence-corrected chi connectivity index (χ4v) is 2.69. The van der Waals surface area contributed by atoms with Crippen LogP contribution in [0.15, 0.2) is 35.5 Å². The van der Waals surface area contributed by atoms with Crippen LogP contribution >= 0.6 is 11.6 Å². The maximum atomic E-state index is 12.0. The van der Waals surface area contributed by atoms with Crippen LogP contribution in [0.1, 0.15) is 6.42 Å². The molecule has 5 heteroatoms. The molecule has 1 aromatic heterocycles. The second kappa shape index (κ2) is 4.53. The largest absolute Gasteiger partial charge is 0.591 e. The lowest BCUT2D eigenvalue weighted by molar-refractivity contribution is 0.478. The van der Waals surface area contributed by atoms with Gasteiger partial charge in [0, 0.05) is 12.6 Å². The van der Waals surface area contributed by atoms with Crippen molar-refractivity contribution in [2.24, 2.45) is 0 Å². The van der Waals surface area contributed by atoms with E-state index in [0.717, 1.165) is 18.5 Å². The zero-order chi connectivity index (χ0) is 10.8. The minimum absolute atomic E-state index is 0.550. The summed E-state index contributed by atoms with van der Waals surface area (Å²) < 4.78 is 13.9. The first-order chi connectivity index (χ1) is 7.16. The summed E-state index contributed by atoms with van der Waals surface area (Å²) in [6.45, 7) is 5.36. The van der Waals surface area contributed by atoms with E-state index in [1.165, 1.54) is 6.20 Å². The highest BCUT2D eigenvalue weighted by molar-refractivity contribution is 7.89. The highest BCUT2D eigenvalue weighted by Crippen LogP contribution is 2.22. The number of hydrogen-bond donors (Lipinski definition) is 0. The Morgan fingerprint density at radius 3 is 2.87 bits per heavy atom. The van der Waals surface area contributed by atoms with Gasteiger partial charge in [-0.25, -0.2) is 4.98 Å². The summed E-state index contributed by atoms with van der Waals surface area (Å²) in [7, 11) is 0. The molecule has 0 spiro atoms. The second-order valence-electron chi connectivity index (χ2n) is 3.43. The van der Waals surface area contributed by atoms with Gasteiger partial charge in [-0.3, -0.25) is 0 Å². The normalized spacial score (nSPS) is 19.5. The van der Waals surface area contributed by atoms with Crippen LogP contribution in [-0.4, -0.2) is 26.9 Å². The van der Waals surface area contributed by atoms with Gasteiger partial charge in [0.05, 0.1) is 17.8 Å². The summed E-state index contributed by atoms with van der Waals surface area (Å²) in [5.74, 6) is 0. The molecule has 1 saturated heterocycles. The van der Waals surface area contributed by atoms with E-state index in [4.69, 9.17) is 11.6 Å². The van der Waals surface area contributed by atoms with Gasteiger partial charge in [-0.2, -0.15) is 0 Å². The molecule has 2 heterocycles. The predicted octanol–water partition coefficient (Wildman–Crippen LogP) is 2.02. The van der Waals surface area contributed by atoms with Gasteiger partial charge in [0.25, 0.3) is 5.03 Å². The van der Waals surface area contributed by atoms with E-state index in [1.54, 1.807) is 12.1 Å². The smallest absolute Gasteiger partial charge is 0.265 e. The van der Waals surface area contributed by atoms with Crippen molar-refractivity contribution in [3.63, 3.8) is 0 Å². The molecule has 0 saturated carbocycles. The molecule has 2 rings (SSSR count). The maximum Gasteiger partial charge on any atom is 0.265 e. The summed E-state index contributed by atoms with van der Waals surface area (Å²) in [6, 6.07) is 3.40. The average Bonchev–Trinajstić information content (AvgIpc) is 2.65. The van der Waals surface area contributed by atoms with Crippen LogP contribution in [0.2, 0.25) is 5.02 Å². The van der Waals surface area contributed by atoms with Gasteiger partial charge in [0.2, 0.25) is 0 Å². The highest BCUT2D eigenvalue weighted by atomic mass is 35.5. The Kier molecular flexibility index (Phi) is 3.31. The Morgan fingerprint density at radius 2 is 2.33 bits per heavy atom. The molecule has 1 aromatic rings. The first-order valence-electron chi connectivity index (χ1n) is 4.62. The minimum atomic E-state index is -1.18. The first-order valence-corrected chi connectivity index (χ1v) is 6.10. The van der Waals surface area contributed by atoms with Crippen molar-refractivity contribution in [1.29, 1.82) is 0 Å². The Bertz CT molecular complexity index is 368. The van der Waals surface area contributed by atoms with Crippen molar-refractivity contribution in [2.45, 2.75) is 11.4 Å². The highest BCUT2D eigenvalue weighted by Gasteiger charge is 2.28. The summed E-state index contributed by atoms with van der Waals surface area (Å²) in [4.78, 5) is 4.04. The Morgan fingerprint density at radius 1 is 1.53 bits per heavy atom. The molecule has 3 nitrogen and oxygen atoms in total. The molecule has 1 aliphatic rings. The zero-order valence-corrected chi connectivity index (χ0v) is 9.72. The molecule has 15 heavy (non-hydrogen) atoms. The number of halogens is 1. The second-order valence-corrected chi connectivity index (χ2v) is 5.30. The van der Waals surface area contributed by atoms with Crippen LogP contribution in [0.5, 0.6) is 0 Å². The average molecular weight is 243 g/mol. The van der Waals surface area contributed by atoms with Crippen LogP contribution < -0.4 is 0 Å². The molecule has 1 unspecified atom stereocenters. The zero-order valence-electron chi connectivity index (χ0n) is 8.15. The molecule has 80 valence electrons. The van der Waals surface area contributed by atoms with Crippen molar-refractivity contribution >= 4 is 23.0 Å². The van der Waals surface area contributed by atoms with Crippen LogP contribution in [0.4, 0.5) is 0 Å². The van der Waals surface area contributed by atoms with Gasteiger partial charge >= 0.3 is 0 Å². The molecule has 0 N–H and O–H groups in total. The van der Waals surface area contributed by atoms with Crippen LogP contribution in [0.3, 0.4) is 0 Å². The fraction of sp³-hybridized carbons (Fsp3) is 0.300. The van der Waals surface area contributed by atoms with Crippen molar-refractivity contribution in [1.82, 2.24) is 9.29 Å². The third kappa shape index (κ3) is 2.52. The lowest BCUT2D eigenvalue weighted by atomic mass is 10.3. The van der Waals surface area contributed by atoms with Gasteiger partial charge in [0.1, 0.15) is 11.4 Å². The lowest BCUT2D eigenvalue weighted by Crippen LogP contribution is -2.28. The summed E-state index contributed by atoms with van der Waals surface area (Å²) in [6.07, 6.45) is 2.43. The molecule has 0 amide bonds. The van der Waals surface area contributed by atoms with E-state index >= 15 is 0 Å². The van der Waals surface area contributed by atoms with Gasteiger partial charge in [-0.15, -0.1) is 4.31 Å². The third-order valence-electron chi connectivity index (χ3n) is 2.23. The van der Waals surface area contributed by atoms with E-state index in [-0.39, 0.29) is 0 Å². The van der Waals surface area contributed by atoms with E-state index in [2.05, 4.69) is 11.6 Å². The van der Waals surface area contributed by atoms with Crippen LogP contribution in [-0.2, 0) is 11.4 Å². The van der Waals surface area contributed by atoms with Crippen molar-refractivity contribution in [3.05, 3.63) is 35.5 Å². The quantitative estimate of drug-likeness (QED) is 0.588. The van der Waals surface area contributed by atoms with Gasteiger partial charge in [0.15, 0.2) is 0 Å².